The summed E-state index contributed by atoms with van der Waals surface area (Å²) in [6.45, 7) is 3.25. The molecule has 2 aliphatic rings. The van der Waals surface area contributed by atoms with Gasteiger partial charge >= 0.3 is 0 Å². The maximum Gasteiger partial charge on any atom is 0.262 e. The first-order valence-corrected chi connectivity index (χ1v) is 6.81. The Morgan fingerprint density at radius 2 is 2.15 bits per heavy atom. The van der Waals surface area contributed by atoms with Gasteiger partial charge in [0.2, 0.25) is 0 Å². The van der Waals surface area contributed by atoms with Gasteiger partial charge in [0.15, 0.2) is 6.61 Å². The predicted molar refractivity (Wildman–Crippen MR) is 74.0 cm³/mol. The summed E-state index contributed by atoms with van der Waals surface area (Å²) >= 11 is 0. The van der Waals surface area contributed by atoms with Crippen molar-refractivity contribution in [1.29, 1.82) is 0 Å². The Labute approximate surface area is 117 Å². The quantitative estimate of drug-likeness (QED) is 0.781. The van der Waals surface area contributed by atoms with Gasteiger partial charge in [-0.2, -0.15) is 0 Å². The Morgan fingerprint density at radius 1 is 1.25 bits per heavy atom. The van der Waals surface area contributed by atoms with E-state index in [1.165, 1.54) is 0 Å². The lowest BCUT2D eigenvalue weighted by atomic mass is 10.1. The van der Waals surface area contributed by atoms with Crippen molar-refractivity contribution in [3.8, 4) is 5.75 Å². The van der Waals surface area contributed by atoms with E-state index in [4.69, 9.17) is 4.74 Å². The van der Waals surface area contributed by atoms with Crippen LogP contribution in [0.2, 0.25) is 0 Å². The van der Waals surface area contributed by atoms with Gasteiger partial charge in [0.25, 0.3) is 11.8 Å². The van der Waals surface area contributed by atoms with Crippen LogP contribution in [0.5, 0.6) is 5.75 Å². The SMILES string of the molecule is O=C1COc2ccc(C(=O)N3CCCNCC3)cc2N1. The monoisotopic (exact) mass is 275 g/mol. The molecule has 0 bridgehead atoms. The van der Waals surface area contributed by atoms with E-state index in [2.05, 4.69) is 10.6 Å². The van der Waals surface area contributed by atoms with Crippen LogP contribution < -0.4 is 15.4 Å². The van der Waals surface area contributed by atoms with Crippen LogP contribution in [-0.4, -0.2) is 49.5 Å². The molecule has 2 heterocycles. The second kappa shape index (κ2) is 5.50. The molecule has 0 radical (unpaired) electrons. The fourth-order valence-electron chi connectivity index (χ4n) is 2.45. The van der Waals surface area contributed by atoms with E-state index in [-0.39, 0.29) is 18.4 Å². The van der Waals surface area contributed by atoms with Gasteiger partial charge in [0.1, 0.15) is 5.75 Å². The molecule has 0 aromatic heterocycles. The molecule has 106 valence electrons. The number of fused-ring (bicyclic) bond motifs is 1. The summed E-state index contributed by atoms with van der Waals surface area (Å²) in [5.74, 6) is 0.413. The Hall–Kier alpha value is -2.08. The molecule has 0 unspecified atom stereocenters. The van der Waals surface area contributed by atoms with Crippen molar-refractivity contribution in [3.63, 3.8) is 0 Å². The minimum atomic E-state index is -0.193. The summed E-state index contributed by atoms with van der Waals surface area (Å²) in [5, 5.41) is 5.99. The van der Waals surface area contributed by atoms with Crippen LogP contribution in [0.3, 0.4) is 0 Å². The summed E-state index contributed by atoms with van der Waals surface area (Å²) in [5.41, 5.74) is 1.15. The molecule has 1 aromatic carbocycles. The van der Waals surface area contributed by atoms with Crippen molar-refractivity contribution >= 4 is 17.5 Å². The fourth-order valence-corrected chi connectivity index (χ4v) is 2.45. The van der Waals surface area contributed by atoms with E-state index in [1.54, 1.807) is 18.2 Å². The lowest BCUT2D eigenvalue weighted by molar-refractivity contribution is -0.118. The first kappa shape index (κ1) is 12.9. The molecule has 0 spiro atoms. The zero-order valence-electron chi connectivity index (χ0n) is 11.1. The lowest BCUT2D eigenvalue weighted by Gasteiger charge is -2.22. The molecule has 0 aliphatic carbocycles. The number of ether oxygens (including phenoxy) is 1. The van der Waals surface area contributed by atoms with Crippen LogP contribution in [0.25, 0.3) is 0 Å². The first-order chi connectivity index (χ1) is 9.74. The molecular formula is C14H17N3O3. The van der Waals surface area contributed by atoms with Gasteiger partial charge in [-0.25, -0.2) is 0 Å². The highest BCUT2D eigenvalue weighted by Crippen LogP contribution is 2.28. The number of amides is 2. The van der Waals surface area contributed by atoms with Gasteiger partial charge < -0.3 is 20.3 Å². The lowest BCUT2D eigenvalue weighted by Crippen LogP contribution is -2.34. The first-order valence-electron chi connectivity index (χ1n) is 6.81. The Morgan fingerprint density at radius 3 is 3.05 bits per heavy atom. The number of anilines is 1. The molecule has 0 saturated carbocycles. The Balaban J connectivity index is 1.81. The van der Waals surface area contributed by atoms with E-state index < -0.39 is 0 Å². The highest BCUT2D eigenvalue weighted by Gasteiger charge is 2.21. The van der Waals surface area contributed by atoms with Crippen molar-refractivity contribution in [2.45, 2.75) is 6.42 Å². The molecule has 2 aliphatic heterocycles. The number of carbonyl (C=O) groups excluding carboxylic acids is 2. The normalized spacial score (nSPS) is 18.6. The van der Waals surface area contributed by atoms with Crippen LogP contribution >= 0.6 is 0 Å². The van der Waals surface area contributed by atoms with Gasteiger partial charge in [-0.05, 0) is 31.2 Å². The number of nitrogens with one attached hydrogen (secondary N) is 2. The largest absolute Gasteiger partial charge is 0.482 e. The van der Waals surface area contributed by atoms with E-state index >= 15 is 0 Å². The van der Waals surface area contributed by atoms with Crippen LogP contribution in [0.4, 0.5) is 5.69 Å². The molecule has 6 heteroatoms. The summed E-state index contributed by atoms with van der Waals surface area (Å²) in [7, 11) is 0. The summed E-state index contributed by atoms with van der Waals surface area (Å²) < 4.78 is 5.29. The van der Waals surface area contributed by atoms with Crippen LogP contribution in [0.1, 0.15) is 16.8 Å². The standard InChI is InChI=1S/C14H17N3O3/c18-13-9-20-12-3-2-10(8-11(12)16-13)14(19)17-6-1-4-15-5-7-17/h2-3,8,15H,1,4-7,9H2,(H,16,18). The van der Waals surface area contributed by atoms with E-state index in [0.29, 0.717) is 23.5 Å². The second-order valence-corrected chi connectivity index (χ2v) is 4.94. The highest BCUT2D eigenvalue weighted by atomic mass is 16.5. The molecule has 1 aromatic rings. The zero-order valence-corrected chi connectivity index (χ0v) is 11.1. The number of hydrogen-bond acceptors (Lipinski definition) is 4. The average Bonchev–Trinajstić information content (AvgIpc) is 2.74. The molecular weight excluding hydrogens is 258 g/mol. The number of carbonyl (C=O) groups is 2. The van der Waals surface area contributed by atoms with E-state index in [9.17, 15) is 9.59 Å². The van der Waals surface area contributed by atoms with Gasteiger partial charge in [-0.1, -0.05) is 0 Å². The second-order valence-electron chi connectivity index (χ2n) is 4.94. The molecule has 0 atom stereocenters. The zero-order chi connectivity index (χ0) is 13.9. The van der Waals surface area contributed by atoms with Gasteiger partial charge in [-0.15, -0.1) is 0 Å². The topological polar surface area (TPSA) is 70.7 Å². The highest BCUT2D eigenvalue weighted by molar-refractivity contribution is 5.99. The number of nitrogens with zero attached hydrogens (tertiary/aromatic N) is 1. The minimum Gasteiger partial charge on any atom is -0.482 e. The number of rotatable bonds is 1. The molecule has 1 saturated heterocycles. The number of benzene rings is 1. The van der Waals surface area contributed by atoms with Crippen molar-refractivity contribution < 1.29 is 14.3 Å². The van der Waals surface area contributed by atoms with Crippen molar-refractivity contribution in [1.82, 2.24) is 10.2 Å². The molecule has 1 fully saturated rings. The number of hydrogen-bond donors (Lipinski definition) is 2. The fraction of sp³-hybridized carbons (Fsp3) is 0.429. The van der Waals surface area contributed by atoms with Crippen LogP contribution in [0, 0.1) is 0 Å². The molecule has 3 rings (SSSR count). The van der Waals surface area contributed by atoms with E-state index in [0.717, 1.165) is 26.1 Å². The van der Waals surface area contributed by atoms with Gasteiger partial charge in [0, 0.05) is 25.2 Å². The van der Waals surface area contributed by atoms with E-state index in [1.807, 2.05) is 4.90 Å². The summed E-state index contributed by atoms with van der Waals surface area (Å²) in [4.78, 5) is 25.6. The van der Waals surface area contributed by atoms with Crippen LogP contribution in [0.15, 0.2) is 18.2 Å². The molecule has 2 N–H and O–H groups in total. The smallest absolute Gasteiger partial charge is 0.262 e. The minimum absolute atomic E-state index is 0.00341. The third-order valence-corrected chi connectivity index (χ3v) is 3.49. The third kappa shape index (κ3) is 2.60. The van der Waals surface area contributed by atoms with Crippen molar-refractivity contribution in [3.05, 3.63) is 23.8 Å². The Bertz CT molecular complexity index is 536. The van der Waals surface area contributed by atoms with Crippen molar-refractivity contribution in [2.24, 2.45) is 0 Å². The van der Waals surface area contributed by atoms with Crippen LogP contribution in [-0.2, 0) is 4.79 Å². The van der Waals surface area contributed by atoms with Gasteiger partial charge in [0.05, 0.1) is 5.69 Å². The molecule has 6 nitrogen and oxygen atoms in total. The van der Waals surface area contributed by atoms with Gasteiger partial charge in [-0.3, -0.25) is 9.59 Å². The summed E-state index contributed by atoms with van der Waals surface area (Å²) in [6.07, 6.45) is 0.955. The maximum atomic E-state index is 12.5. The third-order valence-electron chi connectivity index (χ3n) is 3.49. The summed E-state index contributed by atoms with van der Waals surface area (Å²) in [6, 6.07) is 5.17. The molecule has 2 amide bonds. The van der Waals surface area contributed by atoms with Crippen molar-refractivity contribution in [2.75, 3.05) is 38.1 Å². The Kier molecular flexibility index (Phi) is 3.56. The maximum absolute atomic E-state index is 12.5. The predicted octanol–water partition coefficient (Wildman–Crippen LogP) is 0.453. The molecule has 20 heavy (non-hydrogen) atoms. The average molecular weight is 275 g/mol.